The molecule has 0 fully saturated rings. The van der Waals surface area contributed by atoms with Crippen molar-refractivity contribution in [1.82, 2.24) is 0 Å². The molecule has 0 atom stereocenters. The zero-order valence-electron chi connectivity index (χ0n) is 32.7. The average molecular weight is 740 g/mol. The van der Waals surface area contributed by atoms with E-state index in [-0.39, 0.29) is 5.41 Å². The Hall–Kier alpha value is -7.22. The highest BCUT2D eigenvalue weighted by Gasteiger charge is 2.36. The highest BCUT2D eigenvalue weighted by Crippen LogP contribution is 2.54. The fourth-order valence-corrected chi connectivity index (χ4v) is 9.67. The summed E-state index contributed by atoms with van der Waals surface area (Å²) in [6.07, 6.45) is 0. The van der Waals surface area contributed by atoms with Gasteiger partial charge in [-0.25, -0.2) is 0 Å². The molecule has 0 heterocycles. The fourth-order valence-electron chi connectivity index (χ4n) is 9.67. The van der Waals surface area contributed by atoms with Crippen LogP contribution in [0.5, 0.6) is 0 Å². The molecule has 0 radical (unpaired) electrons. The van der Waals surface area contributed by atoms with Crippen molar-refractivity contribution in [2.75, 3.05) is 4.90 Å². The Balaban J connectivity index is 1.17. The highest BCUT2D eigenvalue weighted by molar-refractivity contribution is 6.08. The van der Waals surface area contributed by atoms with Gasteiger partial charge in [-0.2, -0.15) is 0 Å². The molecule has 9 aromatic rings. The normalized spacial score (nSPS) is 12.8. The molecule has 274 valence electrons. The van der Waals surface area contributed by atoms with Crippen molar-refractivity contribution in [3.63, 3.8) is 0 Å². The van der Waals surface area contributed by atoms with Gasteiger partial charge in [-0.1, -0.05) is 184 Å². The predicted molar refractivity (Wildman–Crippen MR) is 245 cm³/mol. The molecule has 58 heavy (non-hydrogen) atoms. The molecule has 2 bridgehead atoms. The third-order valence-corrected chi connectivity index (χ3v) is 12.4. The Morgan fingerprint density at radius 3 is 1.43 bits per heavy atom. The quantitative estimate of drug-likeness (QED) is 0.164. The van der Waals surface area contributed by atoms with Crippen molar-refractivity contribution in [3.05, 3.63) is 223 Å². The first-order valence-electron chi connectivity index (χ1n) is 20.3. The molecule has 0 aromatic heterocycles. The first-order chi connectivity index (χ1) is 28.5. The Morgan fingerprint density at radius 1 is 0.293 bits per heavy atom. The fraction of sp³-hybridized carbons (Fsp3) is 0.0526. The summed E-state index contributed by atoms with van der Waals surface area (Å²) in [4.78, 5) is 2.48. The molecule has 2 aliphatic rings. The second-order valence-electron chi connectivity index (χ2n) is 16.1. The predicted octanol–water partition coefficient (Wildman–Crippen LogP) is 15.8. The Morgan fingerprint density at radius 2 is 0.776 bits per heavy atom. The maximum atomic E-state index is 2.48. The number of hydrogen-bond donors (Lipinski definition) is 0. The molecule has 11 rings (SSSR count). The number of nitrogens with zero attached hydrogens (tertiary/aromatic N) is 1. The number of benzene rings is 9. The maximum Gasteiger partial charge on any atom is 0.0540 e. The molecule has 0 aliphatic heterocycles. The lowest BCUT2D eigenvalue weighted by Crippen LogP contribution is -2.17. The number of anilines is 3. The van der Waals surface area contributed by atoms with E-state index in [1.807, 2.05) is 0 Å². The van der Waals surface area contributed by atoms with Gasteiger partial charge in [0.15, 0.2) is 0 Å². The lowest BCUT2D eigenvalue weighted by Gasteiger charge is -2.30. The van der Waals surface area contributed by atoms with Crippen molar-refractivity contribution < 1.29 is 0 Å². The van der Waals surface area contributed by atoms with E-state index in [4.69, 9.17) is 0 Å². The molecule has 0 saturated carbocycles. The monoisotopic (exact) mass is 739 g/mol. The minimum Gasteiger partial charge on any atom is -0.310 e. The zero-order valence-corrected chi connectivity index (χ0v) is 32.7. The minimum absolute atomic E-state index is 0.130. The number of rotatable bonds is 6. The van der Waals surface area contributed by atoms with Gasteiger partial charge in [0.25, 0.3) is 0 Å². The summed E-state index contributed by atoms with van der Waals surface area (Å²) >= 11 is 0. The second kappa shape index (κ2) is 13.5. The van der Waals surface area contributed by atoms with E-state index < -0.39 is 0 Å². The van der Waals surface area contributed by atoms with Crippen molar-refractivity contribution in [2.45, 2.75) is 19.3 Å². The number of para-hydroxylation sites is 1. The van der Waals surface area contributed by atoms with E-state index in [0.29, 0.717) is 0 Å². The summed E-state index contributed by atoms with van der Waals surface area (Å²) in [6.45, 7) is 4.73. The molecule has 1 nitrogen and oxygen atoms in total. The lowest BCUT2D eigenvalue weighted by molar-refractivity contribution is 0.660. The summed E-state index contributed by atoms with van der Waals surface area (Å²) in [5, 5.41) is 0. The third-order valence-electron chi connectivity index (χ3n) is 12.4. The molecular formula is C57H41N. The standard InChI is InChI=1S/C57H41N/c1-57(2)53-30-15-13-29-49(53)50-33-32-43(37-54(50)57)58(55-31-16-14-24-44(55)39-20-7-4-8-21-39)42-23-17-22-40(34-42)56-51-35-41(38-18-5-3-6-19-38)36-52(56)48-28-12-10-26-46(48)45-25-9-11-27-47(45)51/h3-37H,1-2H3. The smallest absolute Gasteiger partial charge is 0.0540 e. The van der Waals surface area contributed by atoms with Gasteiger partial charge in [0.05, 0.1) is 5.69 Å². The molecule has 2 aliphatic carbocycles. The second-order valence-corrected chi connectivity index (χ2v) is 16.1. The molecule has 9 aromatic carbocycles. The van der Waals surface area contributed by atoms with Gasteiger partial charge in [-0.3, -0.25) is 0 Å². The van der Waals surface area contributed by atoms with Gasteiger partial charge < -0.3 is 4.90 Å². The lowest BCUT2D eigenvalue weighted by atomic mass is 9.82. The van der Waals surface area contributed by atoms with Crippen LogP contribution in [0.2, 0.25) is 0 Å². The van der Waals surface area contributed by atoms with Crippen LogP contribution in [0.15, 0.2) is 212 Å². The number of hydrogen-bond acceptors (Lipinski definition) is 1. The largest absolute Gasteiger partial charge is 0.310 e. The highest BCUT2D eigenvalue weighted by atomic mass is 15.1. The van der Waals surface area contributed by atoms with Crippen molar-refractivity contribution in [3.8, 4) is 77.9 Å². The SMILES string of the molecule is CC1(C)c2ccccc2-c2ccc(N(c3cccc(-c4c5cc(-c6ccccc6)cc4-c4ccccc4-c4ccccc4-5)c3)c3ccccc3-c3ccccc3)cc21. The van der Waals surface area contributed by atoms with E-state index >= 15 is 0 Å². The van der Waals surface area contributed by atoms with Crippen LogP contribution in [0.1, 0.15) is 25.0 Å². The van der Waals surface area contributed by atoms with Crippen LogP contribution >= 0.6 is 0 Å². The van der Waals surface area contributed by atoms with Crippen LogP contribution in [0.25, 0.3) is 77.9 Å². The van der Waals surface area contributed by atoms with Gasteiger partial charge in [0.1, 0.15) is 0 Å². The van der Waals surface area contributed by atoms with Gasteiger partial charge in [0.2, 0.25) is 0 Å². The molecular weight excluding hydrogens is 699 g/mol. The first kappa shape index (κ1) is 34.1. The van der Waals surface area contributed by atoms with Gasteiger partial charge >= 0.3 is 0 Å². The molecule has 0 saturated heterocycles. The average Bonchev–Trinajstić information content (AvgIpc) is 3.48. The van der Waals surface area contributed by atoms with Crippen molar-refractivity contribution in [2.24, 2.45) is 0 Å². The van der Waals surface area contributed by atoms with E-state index in [1.54, 1.807) is 0 Å². The summed E-state index contributed by atoms with van der Waals surface area (Å²) < 4.78 is 0. The maximum absolute atomic E-state index is 2.48. The van der Waals surface area contributed by atoms with Crippen LogP contribution in [0.4, 0.5) is 17.1 Å². The molecule has 0 unspecified atom stereocenters. The number of fused-ring (bicyclic) bond motifs is 10. The van der Waals surface area contributed by atoms with E-state index in [9.17, 15) is 0 Å². The summed E-state index contributed by atoms with van der Waals surface area (Å²) in [6, 6.07) is 78.3. The molecule has 0 amide bonds. The molecule has 0 N–H and O–H groups in total. The summed E-state index contributed by atoms with van der Waals surface area (Å²) in [5.74, 6) is 0. The minimum atomic E-state index is -0.130. The van der Waals surface area contributed by atoms with Crippen molar-refractivity contribution >= 4 is 17.1 Å². The van der Waals surface area contributed by atoms with Crippen LogP contribution in [-0.4, -0.2) is 0 Å². The van der Waals surface area contributed by atoms with Gasteiger partial charge in [0, 0.05) is 22.4 Å². The van der Waals surface area contributed by atoms with Crippen LogP contribution < -0.4 is 4.90 Å². The Bertz CT molecular complexity index is 2960. The third kappa shape index (κ3) is 5.39. The van der Waals surface area contributed by atoms with Crippen LogP contribution in [-0.2, 0) is 5.41 Å². The first-order valence-corrected chi connectivity index (χ1v) is 20.3. The van der Waals surface area contributed by atoms with E-state index in [1.165, 1.54) is 89.0 Å². The van der Waals surface area contributed by atoms with E-state index in [0.717, 1.165) is 17.1 Å². The topological polar surface area (TPSA) is 3.24 Å². The van der Waals surface area contributed by atoms with E-state index in [2.05, 4.69) is 231 Å². The Labute approximate surface area is 341 Å². The van der Waals surface area contributed by atoms with Gasteiger partial charge in [-0.05, 0) is 126 Å². The van der Waals surface area contributed by atoms with Crippen LogP contribution in [0.3, 0.4) is 0 Å². The van der Waals surface area contributed by atoms with Crippen molar-refractivity contribution in [1.29, 1.82) is 0 Å². The summed E-state index contributed by atoms with van der Waals surface area (Å²) in [7, 11) is 0. The van der Waals surface area contributed by atoms with Gasteiger partial charge in [-0.15, -0.1) is 0 Å². The molecule has 0 spiro atoms. The Kier molecular flexibility index (Phi) is 7.91. The summed E-state index contributed by atoms with van der Waals surface area (Å²) in [5.41, 5.74) is 23.4. The zero-order chi connectivity index (χ0) is 38.8. The van der Waals surface area contributed by atoms with Crippen LogP contribution in [0, 0.1) is 0 Å². The molecule has 1 heteroatoms.